The zero-order valence-corrected chi connectivity index (χ0v) is 9.59. The van der Waals surface area contributed by atoms with Crippen molar-refractivity contribution in [2.75, 3.05) is 33.3 Å². The maximum atomic E-state index is 5.65. The van der Waals surface area contributed by atoms with Crippen LogP contribution in [0, 0.1) is 0 Å². The van der Waals surface area contributed by atoms with Gasteiger partial charge in [-0.1, -0.05) is 0 Å². The third-order valence-corrected chi connectivity index (χ3v) is 2.65. The maximum Gasteiger partial charge on any atom is 0.0826 e. The SMILES string of the molecule is CN1CCOC(CNCc2cccnn2)C1. The molecule has 0 saturated carbocycles. The molecule has 1 aromatic heterocycles. The minimum absolute atomic E-state index is 0.287. The first kappa shape index (κ1) is 11.4. The molecule has 0 bridgehead atoms. The van der Waals surface area contributed by atoms with Gasteiger partial charge in [-0.05, 0) is 19.2 Å². The van der Waals surface area contributed by atoms with Crippen LogP contribution in [0.15, 0.2) is 18.3 Å². The molecule has 5 nitrogen and oxygen atoms in total. The summed E-state index contributed by atoms with van der Waals surface area (Å²) in [5, 5.41) is 11.2. The Bertz CT molecular complexity index is 306. The van der Waals surface area contributed by atoms with E-state index in [1.807, 2.05) is 12.1 Å². The Balaban J connectivity index is 1.68. The summed E-state index contributed by atoms with van der Waals surface area (Å²) in [5.41, 5.74) is 0.965. The van der Waals surface area contributed by atoms with Crippen LogP contribution in [-0.2, 0) is 11.3 Å². The highest BCUT2D eigenvalue weighted by Gasteiger charge is 2.16. The van der Waals surface area contributed by atoms with Crippen molar-refractivity contribution in [2.45, 2.75) is 12.6 Å². The van der Waals surface area contributed by atoms with Crippen molar-refractivity contribution in [3.8, 4) is 0 Å². The minimum Gasteiger partial charge on any atom is -0.374 e. The summed E-state index contributed by atoms with van der Waals surface area (Å²) in [4.78, 5) is 2.29. The van der Waals surface area contributed by atoms with Crippen LogP contribution in [0.3, 0.4) is 0 Å². The van der Waals surface area contributed by atoms with Crippen molar-refractivity contribution in [3.05, 3.63) is 24.0 Å². The minimum atomic E-state index is 0.287. The van der Waals surface area contributed by atoms with Gasteiger partial charge >= 0.3 is 0 Å². The highest BCUT2D eigenvalue weighted by molar-refractivity contribution is 4.98. The molecule has 0 amide bonds. The molecular formula is C11H18N4O. The number of likely N-dealkylation sites (N-methyl/N-ethyl adjacent to an activating group) is 1. The summed E-state index contributed by atoms with van der Waals surface area (Å²) in [6, 6.07) is 3.86. The average Bonchev–Trinajstić information content (AvgIpc) is 2.30. The number of rotatable bonds is 4. The van der Waals surface area contributed by atoms with Gasteiger partial charge in [-0.25, -0.2) is 0 Å². The number of nitrogens with one attached hydrogen (secondary N) is 1. The molecule has 1 aliphatic rings. The van der Waals surface area contributed by atoms with E-state index in [0.29, 0.717) is 0 Å². The van der Waals surface area contributed by atoms with Gasteiger partial charge in [-0.2, -0.15) is 10.2 Å². The molecule has 88 valence electrons. The van der Waals surface area contributed by atoms with E-state index in [0.717, 1.165) is 38.5 Å². The number of aromatic nitrogens is 2. The molecule has 0 aliphatic carbocycles. The Morgan fingerprint density at radius 3 is 3.31 bits per heavy atom. The molecule has 5 heteroatoms. The van der Waals surface area contributed by atoms with E-state index in [4.69, 9.17) is 4.74 Å². The molecule has 1 fully saturated rings. The highest BCUT2D eigenvalue weighted by Crippen LogP contribution is 2.01. The monoisotopic (exact) mass is 222 g/mol. The van der Waals surface area contributed by atoms with Crippen LogP contribution in [0.4, 0.5) is 0 Å². The van der Waals surface area contributed by atoms with Gasteiger partial charge in [0.1, 0.15) is 0 Å². The standard InChI is InChI=1S/C11H18N4O/c1-15-5-6-16-11(9-15)8-12-7-10-3-2-4-13-14-10/h2-4,11-12H,5-9H2,1H3. The summed E-state index contributed by atoms with van der Waals surface area (Å²) in [5.74, 6) is 0. The first-order chi connectivity index (χ1) is 7.84. The van der Waals surface area contributed by atoms with Gasteiger partial charge in [0.25, 0.3) is 0 Å². The van der Waals surface area contributed by atoms with E-state index in [1.165, 1.54) is 0 Å². The van der Waals surface area contributed by atoms with Crippen molar-refractivity contribution < 1.29 is 4.74 Å². The van der Waals surface area contributed by atoms with Crippen LogP contribution >= 0.6 is 0 Å². The largest absolute Gasteiger partial charge is 0.374 e. The fraction of sp³-hybridized carbons (Fsp3) is 0.636. The first-order valence-corrected chi connectivity index (χ1v) is 5.62. The summed E-state index contributed by atoms with van der Waals surface area (Å²) >= 11 is 0. The van der Waals surface area contributed by atoms with Crippen LogP contribution in [0.25, 0.3) is 0 Å². The molecule has 1 atom stereocenters. The molecule has 1 aliphatic heterocycles. The third-order valence-electron chi connectivity index (χ3n) is 2.65. The van der Waals surface area contributed by atoms with Crippen LogP contribution in [0.1, 0.15) is 5.69 Å². The first-order valence-electron chi connectivity index (χ1n) is 5.62. The van der Waals surface area contributed by atoms with Crippen molar-refractivity contribution >= 4 is 0 Å². The lowest BCUT2D eigenvalue weighted by Gasteiger charge is -2.30. The molecular weight excluding hydrogens is 204 g/mol. The summed E-state index contributed by atoms with van der Waals surface area (Å²) in [6.07, 6.45) is 1.97. The number of morpholine rings is 1. The molecule has 2 heterocycles. The average molecular weight is 222 g/mol. The van der Waals surface area contributed by atoms with Crippen molar-refractivity contribution in [2.24, 2.45) is 0 Å². The highest BCUT2D eigenvalue weighted by atomic mass is 16.5. The predicted octanol–water partition coefficient (Wildman–Crippen LogP) is -0.103. The maximum absolute atomic E-state index is 5.65. The van der Waals surface area contributed by atoms with E-state index in [2.05, 4.69) is 27.5 Å². The molecule has 16 heavy (non-hydrogen) atoms. The lowest BCUT2D eigenvalue weighted by molar-refractivity contribution is -0.0182. The molecule has 1 N–H and O–H groups in total. The lowest BCUT2D eigenvalue weighted by atomic mass is 10.3. The van der Waals surface area contributed by atoms with E-state index in [-0.39, 0.29) is 6.10 Å². The summed E-state index contributed by atoms with van der Waals surface area (Å²) < 4.78 is 5.65. The van der Waals surface area contributed by atoms with Crippen LogP contribution in [0.5, 0.6) is 0 Å². The summed E-state index contributed by atoms with van der Waals surface area (Å²) in [7, 11) is 2.12. The Morgan fingerprint density at radius 1 is 1.62 bits per heavy atom. The van der Waals surface area contributed by atoms with E-state index >= 15 is 0 Å². The van der Waals surface area contributed by atoms with Gasteiger partial charge < -0.3 is 15.0 Å². The molecule has 2 rings (SSSR count). The van der Waals surface area contributed by atoms with Crippen LogP contribution in [0.2, 0.25) is 0 Å². The second-order valence-electron chi connectivity index (χ2n) is 4.10. The van der Waals surface area contributed by atoms with Gasteiger partial charge in [0, 0.05) is 32.4 Å². The number of nitrogens with zero attached hydrogens (tertiary/aromatic N) is 3. The molecule has 1 unspecified atom stereocenters. The van der Waals surface area contributed by atoms with Crippen molar-refractivity contribution in [1.82, 2.24) is 20.4 Å². The van der Waals surface area contributed by atoms with Crippen LogP contribution < -0.4 is 5.32 Å². The fourth-order valence-electron chi connectivity index (χ4n) is 1.78. The van der Waals surface area contributed by atoms with Gasteiger partial charge in [0.05, 0.1) is 18.4 Å². The number of ether oxygens (including phenoxy) is 1. The number of hydrogen-bond acceptors (Lipinski definition) is 5. The van der Waals surface area contributed by atoms with Gasteiger partial charge in [-0.15, -0.1) is 0 Å². The van der Waals surface area contributed by atoms with E-state index in [9.17, 15) is 0 Å². The van der Waals surface area contributed by atoms with Crippen molar-refractivity contribution in [1.29, 1.82) is 0 Å². The Morgan fingerprint density at radius 2 is 2.56 bits per heavy atom. The normalized spacial score (nSPS) is 22.2. The second-order valence-corrected chi connectivity index (χ2v) is 4.10. The van der Waals surface area contributed by atoms with Gasteiger partial charge in [-0.3, -0.25) is 0 Å². The molecule has 1 aromatic rings. The van der Waals surface area contributed by atoms with Gasteiger partial charge in [0.15, 0.2) is 0 Å². The fourth-order valence-corrected chi connectivity index (χ4v) is 1.78. The van der Waals surface area contributed by atoms with Crippen molar-refractivity contribution in [3.63, 3.8) is 0 Å². The third kappa shape index (κ3) is 3.52. The molecule has 0 spiro atoms. The Kier molecular flexibility index (Phi) is 4.21. The predicted molar refractivity (Wildman–Crippen MR) is 61.0 cm³/mol. The number of hydrogen-bond donors (Lipinski definition) is 1. The van der Waals surface area contributed by atoms with E-state index < -0.39 is 0 Å². The van der Waals surface area contributed by atoms with Crippen LogP contribution in [-0.4, -0.2) is 54.5 Å². The Labute approximate surface area is 95.8 Å². The van der Waals surface area contributed by atoms with Gasteiger partial charge in [0.2, 0.25) is 0 Å². The lowest BCUT2D eigenvalue weighted by Crippen LogP contribution is -2.44. The molecule has 1 saturated heterocycles. The summed E-state index contributed by atoms with van der Waals surface area (Å²) in [6.45, 7) is 4.46. The quantitative estimate of drug-likeness (QED) is 0.771. The second kappa shape index (κ2) is 5.89. The van der Waals surface area contributed by atoms with E-state index in [1.54, 1.807) is 6.20 Å². The molecule has 0 radical (unpaired) electrons. The zero-order chi connectivity index (χ0) is 11.2. The molecule has 0 aromatic carbocycles. The zero-order valence-electron chi connectivity index (χ0n) is 9.59. The Hall–Kier alpha value is -1.04. The smallest absolute Gasteiger partial charge is 0.0826 e. The topological polar surface area (TPSA) is 50.3 Å².